The molecule has 26 heavy (non-hydrogen) atoms. The lowest BCUT2D eigenvalue weighted by Gasteiger charge is -2.36. The van der Waals surface area contributed by atoms with E-state index >= 15 is 0 Å². The molecule has 1 aromatic carbocycles. The first kappa shape index (κ1) is 20.6. The van der Waals surface area contributed by atoms with Gasteiger partial charge >= 0.3 is 6.18 Å². The molecule has 1 aliphatic carbocycles. The third-order valence-electron chi connectivity index (χ3n) is 4.76. The van der Waals surface area contributed by atoms with Gasteiger partial charge < -0.3 is 0 Å². The summed E-state index contributed by atoms with van der Waals surface area (Å²) in [5.74, 6) is 0.318. The molecule has 0 fully saturated rings. The van der Waals surface area contributed by atoms with E-state index < -0.39 is 11.7 Å². The monoisotopic (exact) mass is 384 g/mol. The smallest absolute Gasteiger partial charge is 0.277 e. The number of nitrogens with one attached hydrogen (secondary N) is 1. The molecule has 0 bridgehead atoms. The molecular weight excluding hydrogens is 361 g/mol. The number of nitrogens with zero attached hydrogens (tertiary/aromatic N) is 1. The molecule has 142 valence electrons. The number of anilines is 1. The molecule has 2 nitrogen and oxygen atoms in total. The van der Waals surface area contributed by atoms with Crippen molar-refractivity contribution in [3.05, 3.63) is 52.6 Å². The SMILES string of the molecule is CC1=CCCC(C)(C)C1C=CC(C)=NNc1cc(C(F)(F)F)ccc1Cl. The minimum absolute atomic E-state index is 0.128. The van der Waals surface area contributed by atoms with Crippen LogP contribution in [0.15, 0.2) is 47.1 Å². The lowest BCUT2D eigenvalue weighted by molar-refractivity contribution is -0.137. The summed E-state index contributed by atoms with van der Waals surface area (Å²) in [4.78, 5) is 0. The Morgan fingerprint density at radius 1 is 1.35 bits per heavy atom. The van der Waals surface area contributed by atoms with E-state index in [0.29, 0.717) is 11.6 Å². The Hall–Kier alpha value is -1.75. The number of halogens is 4. The normalized spacial score (nSPS) is 21.0. The van der Waals surface area contributed by atoms with Crippen LogP contribution < -0.4 is 5.43 Å². The first-order valence-electron chi connectivity index (χ1n) is 8.52. The highest BCUT2D eigenvalue weighted by Gasteiger charge is 2.31. The molecule has 0 spiro atoms. The molecule has 0 radical (unpaired) electrons. The van der Waals surface area contributed by atoms with Crippen LogP contribution >= 0.6 is 11.6 Å². The summed E-state index contributed by atoms with van der Waals surface area (Å²) in [6.07, 6.45) is 4.05. The van der Waals surface area contributed by atoms with Crippen LogP contribution in [0.4, 0.5) is 18.9 Å². The zero-order chi connectivity index (χ0) is 19.5. The predicted molar refractivity (Wildman–Crippen MR) is 103 cm³/mol. The molecule has 1 atom stereocenters. The highest BCUT2D eigenvalue weighted by atomic mass is 35.5. The van der Waals surface area contributed by atoms with Crippen molar-refractivity contribution in [1.82, 2.24) is 0 Å². The Bertz CT molecular complexity index is 746. The second-order valence-corrected chi connectivity index (χ2v) is 7.78. The van der Waals surface area contributed by atoms with Crippen molar-refractivity contribution in [2.45, 2.75) is 46.7 Å². The molecule has 2 rings (SSSR count). The van der Waals surface area contributed by atoms with Gasteiger partial charge in [0, 0.05) is 5.92 Å². The number of alkyl halides is 3. The van der Waals surface area contributed by atoms with Gasteiger partial charge in [-0.05, 0) is 56.4 Å². The van der Waals surface area contributed by atoms with Crippen LogP contribution in [-0.2, 0) is 6.18 Å². The number of hydrazone groups is 1. The third kappa shape index (κ3) is 5.13. The van der Waals surface area contributed by atoms with E-state index in [1.807, 2.05) is 6.08 Å². The number of hydrogen-bond acceptors (Lipinski definition) is 2. The van der Waals surface area contributed by atoms with E-state index in [4.69, 9.17) is 11.6 Å². The summed E-state index contributed by atoms with van der Waals surface area (Å²) in [5.41, 5.74) is 4.16. The van der Waals surface area contributed by atoms with Gasteiger partial charge in [-0.3, -0.25) is 5.43 Å². The quantitative estimate of drug-likeness (QED) is 0.334. The Morgan fingerprint density at radius 2 is 2.04 bits per heavy atom. The molecule has 1 unspecified atom stereocenters. The van der Waals surface area contributed by atoms with Crippen molar-refractivity contribution in [3.63, 3.8) is 0 Å². The van der Waals surface area contributed by atoms with Gasteiger partial charge in [0.1, 0.15) is 0 Å². The molecule has 1 N–H and O–H groups in total. The van der Waals surface area contributed by atoms with Gasteiger partial charge in [0.05, 0.1) is 22.0 Å². The minimum Gasteiger partial charge on any atom is -0.277 e. The molecule has 0 aromatic heterocycles. The highest BCUT2D eigenvalue weighted by molar-refractivity contribution is 6.33. The predicted octanol–water partition coefficient (Wildman–Crippen LogP) is 7.09. The molecular formula is C20H24ClF3N2. The van der Waals surface area contributed by atoms with Crippen LogP contribution in [0.5, 0.6) is 0 Å². The van der Waals surface area contributed by atoms with Gasteiger partial charge in [-0.15, -0.1) is 0 Å². The summed E-state index contributed by atoms with van der Waals surface area (Å²) in [5, 5.41) is 4.33. The van der Waals surface area contributed by atoms with Crippen molar-refractivity contribution in [1.29, 1.82) is 0 Å². The van der Waals surface area contributed by atoms with E-state index in [2.05, 4.69) is 43.5 Å². The van der Waals surface area contributed by atoms with Crippen molar-refractivity contribution in [2.24, 2.45) is 16.4 Å². The Labute approximate surface area is 157 Å². The Balaban J connectivity index is 2.14. The molecule has 6 heteroatoms. The van der Waals surface area contributed by atoms with E-state index in [0.717, 1.165) is 25.0 Å². The average Bonchev–Trinajstić information content (AvgIpc) is 2.51. The maximum Gasteiger partial charge on any atom is 0.416 e. The summed E-state index contributed by atoms with van der Waals surface area (Å²) < 4.78 is 38.4. The molecule has 1 aromatic rings. The summed E-state index contributed by atoms with van der Waals surface area (Å²) >= 11 is 5.96. The molecule has 0 saturated heterocycles. The molecule has 0 heterocycles. The maximum absolute atomic E-state index is 12.8. The zero-order valence-electron chi connectivity index (χ0n) is 15.4. The first-order valence-corrected chi connectivity index (χ1v) is 8.90. The lowest BCUT2D eigenvalue weighted by Crippen LogP contribution is -2.26. The van der Waals surface area contributed by atoms with Crippen LogP contribution in [0.2, 0.25) is 5.02 Å². The second-order valence-electron chi connectivity index (χ2n) is 7.37. The second kappa shape index (κ2) is 7.87. The van der Waals surface area contributed by atoms with Crippen LogP contribution in [-0.4, -0.2) is 5.71 Å². The zero-order valence-corrected chi connectivity index (χ0v) is 16.2. The number of benzene rings is 1. The number of hydrogen-bond donors (Lipinski definition) is 1. The van der Waals surface area contributed by atoms with Crippen molar-refractivity contribution < 1.29 is 13.2 Å². The molecule has 1 aliphatic rings. The Kier molecular flexibility index (Phi) is 6.22. The van der Waals surface area contributed by atoms with E-state index in [1.165, 1.54) is 11.6 Å². The highest BCUT2D eigenvalue weighted by Crippen LogP contribution is 2.41. The molecule has 0 saturated carbocycles. The van der Waals surface area contributed by atoms with Gasteiger partial charge in [0.25, 0.3) is 0 Å². The van der Waals surface area contributed by atoms with E-state index in [9.17, 15) is 13.2 Å². The minimum atomic E-state index is -4.42. The first-order chi connectivity index (χ1) is 12.0. The summed E-state index contributed by atoms with van der Waals surface area (Å²) in [6, 6.07) is 3.12. The van der Waals surface area contributed by atoms with Crippen molar-refractivity contribution >= 4 is 23.0 Å². The van der Waals surface area contributed by atoms with Crippen LogP contribution in [0.3, 0.4) is 0 Å². The van der Waals surface area contributed by atoms with Gasteiger partial charge in [-0.25, -0.2) is 0 Å². The van der Waals surface area contributed by atoms with Crippen LogP contribution in [0.25, 0.3) is 0 Å². The van der Waals surface area contributed by atoms with E-state index in [-0.39, 0.29) is 16.1 Å². The number of rotatable bonds is 4. The summed E-state index contributed by atoms with van der Waals surface area (Å²) in [7, 11) is 0. The van der Waals surface area contributed by atoms with Gasteiger partial charge in [0.2, 0.25) is 0 Å². The van der Waals surface area contributed by atoms with Crippen LogP contribution in [0, 0.1) is 11.3 Å². The van der Waals surface area contributed by atoms with E-state index in [1.54, 1.807) is 6.92 Å². The maximum atomic E-state index is 12.8. The molecule has 0 amide bonds. The fourth-order valence-corrected chi connectivity index (χ4v) is 3.35. The molecule has 0 aliphatic heterocycles. The third-order valence-corrected chi connectivity index (χ3v) is 5.09. The Morgan fingerprint density at radius 3 is 2.65 bits per heavy atom. The van der Waals surface area contributed by atoms with Crippen LogP contribution in [0.1, 0.15) is 46.1 Å². The fourth-order valence-electron chi connectivity index (χ4n) is 3.19. The topological polar surface area (TPSA) is 24.4 Å². The van der Waals surface area contributed by atoms with Gasteiger partial charge in [-0.2, -0.15) is 18.3 Å². The number of allylic oxidation sites excluding steroid dienone is 4. The lowest BCUT2D eigenvalue weighted by atomic mass is 9.68. The van der Waals surface area contributed by atoms with Gasteiger partial charge in [0.15, 0.2) is 0 Å². The summed E-state index contributed by atoms with van der Waals surface area (Å²) in [6.45, 7) is 8.40. The largest absolute Gasteiger partial charge is 0.416 e. The fraction of sp³-hybridized carbons (Fsp3) is 0.450. The van der Waals surface area contributed by atoms with Gasteiger partial charge in [-0.1, -0.05) is 43.2 Å². The van der Waals surface area contributed by atoms with Crippen molar-refractivity contribution in [2.75, 3.05) is 5.43 Å². The standard InChI is InChI=1S/C20H24ClF3N2/c1-13-6-5-11-19(3,4)16(13)9-7-14(2)25-26-18-12-15(20(22,23)24)8-10-17(18)21/h6-10,12,16,26H,5,11H2,1-4H3. The average molecular weight is 385 g/mol. The van der Waals surface area contributed by atoms with Crippen molar-refractivity contribution in [3.8, 4) is 0 Å².